The molecule has 0 unspecified atom stereocenters. The first-order valence-corrected chi connectivity index (χ1v) is 9.18. The van der Waals surface area contributed by atoms with Crippen LogP contribution in [0.2, 0.25) is 0 Å². The molecule has 2 heterocycles. The number of benzene rings is 1. The lowest BCUT2D eigenvalue weighted by Crippen LogP contribution is -2.39. The van der Waals surface area contributed by atoms with E-state index in [0.29, 0.717) is 12.6 Å². The fourth-order valence-electron chi connectivity index (χ4n) is 3.62. The molecule has 2 atom stereocenters. The lowest BCUT2D eigenvalue weighted by atomic mass is 10.0. The fraction of sp³-hybridized carbons (Fsp3) is 0.500. The van der Waals surface area contributed by atoms with Gasteiger partial charge in [-0.1, -0.05) is 30.3 Å². The number of carboxylic acid groups (broad SMARTS) is 1. The van der Waals surface area contributed by atoms with Crippen LogP contribution in [0.25, 0.3) is 0 Å². The predicted octanol–water partition coefficient (Wildman–Crippen LogP) is 2.16. The third-order valence-corrected chi connectivity index (χ3v) is 5.16. The van der Waals surface area contributed by atoms with Gasteiger partial charge < -0.3 is 10.0 Å². The molecule has 6 heteroatoms. The number of likely N-dealkylation sites (N-methyl/N-ethyl adjacent to an activating group) is 1. The van der Waals surface area contributed by atoms with Crippen molar-refractivity contribution in [3.8, 4) is 0 Å². The Labute approximate surface area is 155 Å². The van der Waals surface area contributed by atoms with Crippen molar-refractivity contribution in [2.24, 2.45) is 5.92 Å². The minimum atomic E-state index is -0.686. The van der Waals surface area contributed by atoms with Crippen LogP contribution in [0.1, 0.15) is 24.0 Å². The molecule has 1 N–H and O–H groups in total. The zero-order valence-electron chi connectivity index (χ0n) is 15.6. The van der Waals surface area contributed by atoms with E-state index in [9.17, 15) is 9.90 Å². The van der Waals surface area contributed by atoms with Gasteiger partial charge in [0.25, 0.3) is 0 Å². The number of hydrogen-bond donors (Lipinski definition) is 1. The van der Waals surface area contributed by atoms with Crippen molar-refractivity contribution in [2.75, 3.05) is 27.2 Å². The maximum atomic E-state index is 11.5. The Morgan fingerprint density at radius 3 is 2.62 bits per heavy atom. The van der Waals surface area contributed by atoms with Crippen LogP contribution in [0, 0.1) is 5.92 Å². The molecule has 0 saturated carbocycles. The zero-order chi connectivity index (χ0) is 18.5. The number of aliphatic carboxylic acids is 1. The molecule has 0 amide bonds. The maximum absolute atomic E-state index is 11.5. The molecule has 140 valence electrons. The molecule has 0 aliphatic carbocycles. The minimum Gasteiger partial charge on any atom is -0.481 e. The highest BCUT2D eigenvalue weighted by Gasteiger charge is 2.29. The first-order valence-electron chi connectivity index (χ1n) is 9.18. The van der Waals surface area contributed by atoms with Crippen LogP contribution in [0.3, 0.4) is 0 Å². The van der Waals surface area contributed by atoms with Crippen LogP contribution in [0.5, 0.6) is 0 Å². The number of hydrogen-bond acceptors (Lipinski definition) is 4. The molecule has 2 aromatic rings. The maximum Gasteiger partial charge on any atom is 0.307 e. The van der Waals surface area contributed by atoms with E-state index >= 15 is 0 Å². The number of carbonyl (C=O) groups is 1. The average molecular weight is 356 g/mol. The second-order valence-electron chi connectivity index (χ2n) is 7.46. The van der Waals surface area contributed by atoms with Crippen molar-refractivity contribution in [3.05, 3.63) is 53.9 Å². The average Bonchev–Trinajstić information content (AvgIpc) is 2.91. The summed E-state index contributed by atoms with van der Waals surface area (Å²) in [7, 11) is 4.14. The standard InChI is InChI=1S/C20H28N4O2/c1-22(2)19-9-8-18(20(25)26)14-23(15-19)11-17-10-21-24(13-17)12-16-6-4-3-5-7-16/h3-7,10,13,18-19H,8-9,11-12,14-15H2,1-2H3,(H,25,26)/t18-,19+/m0/s1. The Morgan fingerprint density at radius 2 is 1.92 bits per heavy atom. The summed E-state index contributed by atoms with van der Waals surface area (Å²) in [4.78, 5) is 16.0. The van der Waals surface area contributed by atoms with Crippen molar-refractivity contribution in [1.82, 2.24) is 19.6 Å². The summed E-state index contributed by atoms with van der Waals surface area (Å²) in [6.45, 7) is 2.98. The van der Waals surface area contributed by atoms with Crippen LogP contribution in [0.4, 0.5) is 0 Å². The summed E-state index contributed by atoms with van der Waals surface area (Å²) >= 11 is 0. The molecular formula is C20H28N4O2. The van der Waals surface area contributed by atoms with Crippen LogP contribution in [0.15, 0.2) is 42.7 Å². The Kier molecular flexibility index (Phi) is 6.06. The van der Waals surface area contributed by atoms with E-state index in [-0.39, 0.29) is 5.92 Å². The van der Waals surface area contributed by atoms with Crippen molar-refractivity contribution >= 4 is 5.97 Å². The van der Waals surface area contributed by atoms with Gasteiger partial charge in [0.05, 0.1) is 18.7 Å². The second kappa shape index (κ2) is 8.47. The Balaban J connectivity index is 1.66. The topological polar surface area (TPSA) is 61.6 Å². The van der Waals surface area contributed by atoms with Crippen LogP contribution in [-0.4, -0.2) is 63.9 Å². The summed E-state index contributed by atoms with van der Waals surface area (Å²) in [5, 5.41) is 14.0. The predicted molar refractivity (Wildman–Crippen MR) is 101 cm³/mol. The van der Waals surface area contributed by atoms with E-state index in [1.165, 1.54) is 5.56 Å². The normalized spacial score (nSPS) is 21.7. The van der Waals surface area contributed by atoms with Gasteiger partial charge in [0, 0.05) is 37.4 Å². The summed E-state index contributed by atoms with van der Waals surface area (Å²) in [5.41, 5.74) is 2.35. The molecule has 3 rings (SSSR count). The number of likely N-dealkylation sites (tertiary alicyclic amines) is 1. The smallest absolute Gasteiger partial charge is 0.307 e. The van der Waals surface area contributed by atoms with Gasteiger partial charge in [-0.25, -0.2) is 0 Å². The summed E-state index contributed by atoms with van der Waals surface area (Å²) in [6.07, 6.45) is 5.63. The highest BCUT2D eigenvalue weighted by Crippen LogP contribution is 2.21. The quantitative estimate of drug-likeness (QED) is 0.859. The van der Waals surface area contributed by atoms with Gasteiger partial charge in [-0.3, -0.25) is 14.4 Å². The van der Waals surface area contributed by atoms with Gasteiger partial charge in [-0.2, -0.15) is 5.10 Å². The van der Waals surface area contributed by atoms with Crippen LogP contribution >= 0.6 is 0 Å². The van der Waals surface area contributed by atoms with Gasteiger partial charge >= 0.3 is 5.97 Å². The molecule has 6 nitrogen and oxygen atoms in total. The monoisotopic (exact) mass is 356 g/mol. The van der Waals surface area contributed by atoms with Crippen molar-refractivity contribution in [1.29, 1.82) is 0 Å². The van der Waals surface area contributed by atoms with E-state index in [2.05, 4.69) is 47.3 Å². The summed E-state index contributed by atoms with van der Waals surface area (Å²) in [6, 6.07) is 10.6. The van der Waals surface area contributed by atoms with Gasteiger partial charge in [-0.15, -0.1) is 0 Å². The van der Waals surface area contributed by atoms with Gasteiger partial charge in [0.15, 0.2) is 0 Å². The van der Waals surface area contributed by atoms with Crippen molar-refractivity contribution < 1.29 is 9.90 Å². The molecule has 1 fully saturated rings. The number of aromatic nitrogens is 2. The van der Waals surface area contributed by atoms with Gasteiger partial charge in [0.2, 0.25) is 0 Å². The number of rotatable bonds is 6. The number of nitrogens with zero attached hydrogens (tertiary/aromatic N) is 4. The van der Waals surface area contributed by atoms with Gasteiger partial charge in [-0.05, 0) is 32.5 Å². The Bertz CT molecular complexity index is 714. The molecule has 1 saturated heterocycles. The van der Waals surface area contributed by atoms with Crippen LogP contribution in [-0.2, 0) is 17.9 Å². The highest BCUT2D eigenvalue weighted by atomic mass is 16.4. The highest BCUT2D eigenvalue weighted by molar-refractivity contribution is 5.70. The van der Waals surface area contributed by atoms with Crippen molar-refractivity contribution in [2.45, 2.75) is 32.0 Å². The van der Waals surface area contributed by atoms with Crippen LogP contribution < -0.4 is 0 Å². The second-order valence-corrected chi connectivity index (χ2v) is 7.46. The van der Waals surface area contributed by atoms with E-state index in [0.717, 1.165) is 38.0 Å². The molecule has 1 aromatic carbocycles. The van der Waals surface area contributed by atoms with E-state index in [1.54, 1.807) is 0 Å². The van der Waals surface area contributed by atoms with E-state index in [4.69, 9.17) is 0 Å². The molecule has 0 bridgehead atoms. The lowest BCUT2D eigenvalue weighted by Gasteiger charge is -2.28. The lowest BCUT2D eigenvalue weighted by molar-refractivity contribution is -0.142. The first kappa shape index (κ1) is 18.6. The molecule has 26 heavy (non-hydrogen) atoms. The van der Waals surface area contributed by atoms with Crippen molar-refractivity contribution in [3.63, 3.8) is 0 Å². The third kappa shape index (κ3) is 4.93. The fourth-order valence-corrected chi connectivity index (χ4v) is 3.62. The Hall–Kier alpha value is -2.18. The summed E-state index contributed by atoms with van der Waals surface area (Å²) in [5.74, 6) is -0.978. The third-order valence-electron chi connectivity index (χ3n) is 5.16. The molecule has 1 aliphatic heterocycles. The largest absolute Gasteiger partial charge is 0.481 e. The Morgan fingerprint density at radius 1 is 1.15 bits per heavy atom. The first-order chi connectivity index (χ1) is 12.5. The SMILES string of the molecule is CN(C)[C@@H]1CC[C@H](C(=O)O)CN(Cc2cnn(Cc3ccccc3)c2)C1. The van der Waals surface area contributed by atoms with E-state index in [1.807, 2.05) is 29.1 Å². The zero-order valence-corrected chi connectivity index (χ0v) is 15.6. The molecule has 1 aliphatic rings. The van der Waals surface area contributed by atoms with E-state index < -0.39 is 5.97 Å². The summed E-state index contributed by atoms with van der Waals surface area (Å²) < 4.78 is 1.95. The molecular weight excluding hydrogens is 328 g/mol. The molecule has 0 spiro atoms. The minimum absolute atomic E-state index is 0.292. The molecule has 1 aromatic heterocycles. The van der Waals surface area contributed by atoms with Gasteiger partial charge in [0.1, 0.15) is 0 Å². The number of carboxylic acids is 1. The molecule has 0 radical (unpaired) electrons.